The van der Waals surface area contributed by atoms with E-state index in [1.54, 1.807) is 42.5 Å². The van der Waals surface area contributed by atoms with Crippen LogP contribution in [-0.2, 0) is 9.84 Å². The molecule has 0 radical (unpaired) electrons. The number of hydrogen-bond acceptors (Lipinski definition) is 4. The highest BCUT2D eigenvalue weighted by Crippen LogP contribution is 2.30. The number of nitriles is 1. The molecule has 0 aromatic heterocycles. The Kier molecular flexibility index (Phi) is 6.21. The molecule has 0 aliphatic carbocycles. The van der Waals surface area contributed by atoms with Crippen LogP contribution in [0.3, 0.4) is 0 Å². The number of hydrogen-bond donors (Lipinski definition) is 0. The molecule has 0 aliphatic heterocycles. The Labute approximate surface area is 157 Å². The highest BCUT2D eigenvalue weighted by molar-refractivity contribution is 9.11. The summed E-state index contributed by atoms with van der Waals surface area (Å²) in [6.45, 7) is 2.36. The van der Waals surface area contributed by atoms with Crippen molar-refractivity contribution in [3.05, 3.63) is 61.9 Å². The molecule has 2 aromatic rings. The van der Waals surface area contributed by atoms with Crippen LogP contribution >= 0.6 is 31.9 Å². The van der Waals surface area contributed by atoms with Gasteiger partial charge in [-0.15, -0.1) is 0 Å². The van der Waals surface area contributed by atoms with E-state index in [4.69, 9.17) is 4.74 Å². The molecule has 0 spiro atoms. The number of allylic oxidation sites excluding steroid dienone is 1. The lowest BCUT2D eigenvalue weighted by Gasteiger charge is -2.07. The van der Waals surface area contributed by atoms with Gasteiger partial charge in [0.2, 0.25) is 9.84 Å². The molecule has 0 atom stereocenters. The van der Waals surface area contributed by atoms with Gasteiger partial charge in [0.05, 0.1) is 11.5 Å². The molecular weight excluding hydrogens is 458 g/mol. The molecule has 0 saturated heterocycles. The summed E-state index contributed by atoms with van der Waals surface area (Å²) in [7, 11) is -3.95. The minimum Gasteiger partial charge on any atom is -0.494 e. The summed E-state index contributed by atoms with van der Waals surface area (Å²) in [4.78, 5) is -0.305. The number of sulfone groups is 1. The van der Waals surface area contributed by atoms with E-state index in [9.17, 15) is 13.7 Å². The van der Waals surface area contributed by atoms with E-state index in [1.165, 1.54) is 12.1 Å². The van der Waals surface area contributed by atoms with Gasteiger partial charge in [-0.3, -0.25) is 0 Å². The van der Waals surface area contributed by atoms with Crippen molar-refractivity contribution in [2.45, 2.75) is 11.8 Å². The highest BCUT2D eigenvalue weighted by atomic mass is 79.9. The largest absolute Gasteiger partial charge is 0.494 e. The average molecular weight is 471 g/mol. The molecule has 124 valence electrons. The highest BCUT2D eigenvalue weighted by Gasteiger charge is 2.23. The van der Waals surface area contributed by atoms with E-state index in [2.05, 4.69) is 31.9 Å². The monoisotopic (exact) mass is 469 g/mol. The topological polar surface area (TPSA) is 67.2 Å². The predicted octanol–water partition coefficient (Wildman–Crippen LogP) is 4.95. The van der Waals surface area contributed by atoms with Gasteiger partial charge in [-0.05, 0) is 64.8 Å². The molecule has 0 fully saturated rings. The second-order valence-corrected chi connectivity index (χ2v) is 8.36. The van der Waals surface area contributed by atoms with Crippen molar-refractivity contribution in [2.75, 3.05) is 6.61 Å². The van der Waals surface area contributed by atoms with E-state index in [0.29, 0.717) is 26.9 Å². The van der Waals surface area contributed by atoms with Gasteiger partial charge in [-0.25, -0.2) is 8.42 Å². The van der Waals surface area contributed by atoms with Crippen LogP contribution in [0, 0.1) is 11.3 Å². The quantitative estimate of drug-likeness (QED) is 0.580. The molecule has 0 unspecified atom stereocenters. The van der Waals surface area contributed by atoms with Crippen molar-refractivity contribution >= 4 is 47.8 Å². The van der Waals surface area contributed by atoms with Crippen LogP contribution in [0.4, 0.5) is 0 Å². The van der Waals surface area contributed by atoms with Crippen molar-refractivity contribution in [3.63, 3.8) is 0 Å². The van der Waals surface area contributed by atoms with Crippen molar-refractivity contribution in [1.82, 2.24) is 0 Å². The van der Waals surface area contributed by atoms with Gasteiger partial charge in [0.15, 0.2) is 0 Å². The molecule has 2 aromatic carbocycles. The van der Waals surface area contributed by atoms with Crippen molar-refractivity contribution in [2.24, 2.45) is 0 Å². The van der Waals surface area contributed by atoms with Crippen molar-refractivity contribution in [3.8, 4) is 11.8 Å². The summed E-state index contributed by atoms with van der Waals surface area (Å²) in [6.07, 6.45) is 1.34. The maximum Gasteiger partial charge on any atom is 0.217 e. The van der Waals surface area contributed by atoms with E-state index in [1.807, 2.05) is 6.92 Å². The third-order valence-corrected chi connectivity index (χ3v) is 6.20. The Morgan fingerprint density at radius 2 is 2.00 bits per heavy atom. The molecule has 0 aliphatic rings. The van der Waals surface area contributed by atoms with E-state index < -0.39 is 9.84 Å². The van der Waals surface area contributed by atoms with Crippen LogP contribution in [0.1, 0.15) is 12.5 Å². The van der Waals surface area contributed by atoms with Crippen molar-refractivity contribution in [1.29, 1.82) is 5.26 Å². The minimum atomic E-state index is -3.95. The summed E-state index contributed by atoms with van der Waals surface area (Å²) in [5.74, 6) is 0.615. The van der Waals surface area contributed by atoms with Gasteiger partial charge >= 0.3 is 0 Å². The maximum atomic E-state index is 12.8. The Hall–Kier alpha value is -1.62. The fourth-order valence-electron chi connectivity index (χ4n) is 1.98. The van der Waals surface area contributed by atoms with E-state index in [0.717, 1.165) is 0 Å². The van der Waals surface area contributed by atoms with Gasteiger partial charge in [0, 0.05) is 8.95 Å². The number of halogens is 2. The van der Waals surface area contributed by atoms with Crippen LogP contribution in [0.5, 0.6) is 5.75 Å². The molecule has 0 N–H and O–H groups in total. The number of rotatable bonds is 5. The fourth-order valence-corrected chi connectivity index (χ4v) is 4.64. The first-order valence-corrected chi connectivity index (χ1v) is 10.00. The first-order valence-electron chi connectivity index (χ1n) is 6.93. The second kappa shape index (κ2) is 7.97. The smallest absolute Gasteiger partial charge is 0.217 e. The van der Waals surface area contributed by atoms with E-state index >= 15 is 0 Å². The average Bonchev–Trinajstić information content (AvgIpc) is 2.55. The van der Waals surface area contributed by atoms with Gasteiger partial charge in [0.1, 0.15) is 16.7 Å². The normalized spacial score (nSPS) is 11.8. The van der Waals surface area contributed by atoms with Gasteiger partial charge < -0.3 is 4.74 Å². The number of nitrogens with zero attached hydrogens (tertiary/aromatic N) is 1. The van der Waals surface area contributed by atoms with Crippen LogP contribution < -0.4 is 4.74 Å². The molecular formula is C17H13Br2NO3S. The SMILES string of the molecule is CCOc1cccc(/C=C(\C#N)S(=O)(=O)c2cc(Br)ccc2Br)c1. The first-order chi connectivity index (χ1) is 11.4. The molecule has 7 heteroatoms. The van der Waals surface area contributed by atoms with Gasteiger partial charge in [-0.1, -0.05) is 28.1 Å². The Balaban J connectivity index is 2.53. The lowest BCUT2D eigenvalue weighted by atomic mass is 10.2. The molecule has 2 rings (SSSR count). The van der Waals surface area contributed by atoms with E-state index in [-0.39, 0.29) is 9.80 Å². The predicted molar refractivity (Wildman–Crippen MR) is 100 cm³/mol. The van der Waals surface area contributed by atoms with Crippen LogP contribution in [0.15, 0.2) is 61.2 Å². The molecule has 0 saturated carbocycles. The third kappa shape index (κ3) is 4.26. The minimum absolute atomic E-state index is 0.0330. The zero-order valence-electron chi connectivity index (χ0n) is 12.7. The van der Waals surface area contributed by atoms with Gasteiger partial charge in [0.25, 0.3) is 0 Å². The first kappa shape index (κ1) is 18.7. The summed E-state index contributed by atoms with van der Waals surface area (Å²) in [5, 5.41) is 9.36. The second-order valence-electron chi connectivity index (χ2n) is 4.70. The standard InChI is InChI=1S/C17H13Br2NO3S/c1-2-23-14-5-3-4-12(8-14)9-15(11-20)24(21,22)17-10-13(18)6-7-16(17)19/h3-10H,2H2,1H3/b15-9+. The summed E-state index contributed by atoms with van der Waals surface area (Å²) in [6, 6.07) is 13.5. The molecule has 0 bridgehead atoms. The number of benzene rings is 2. The molecule has 0 heterocycles. The Morgan fingerprint density at radius 3 is 2.67 bits per heavy atom. The summed E-state index contributed by atoms with van der Waals surface area (Å²) in [5.41, 5.74) is 0.576. The Bertz CT molecular complexity index is 931. The molecule has 24 heavy (non-hydrogen) atoms. The summed E-state index contributed by atoms with van der Waals surface area (Å²) >= 11 is 6.47. The lowest BCUT2D eigenvalue weighted by molar-refractivity contribution is 0.340. The van der Waals surface area contributed by atoms with Crippen molar-refractivity contribution < 1.29 is 13.2 Å². The Morgan fingerprint density at radius 1 is 1.25 bits per heavy atom. The lowest BCUT2D eigenvalue weighted by Crippen LogP contribution is -2.04. The number of ether oxygens (including phenoxy) is 1. The zero-order chi connectivity index (χ0) is 17.7. The third-order valence-electron chi connectivity index (χ3n) is 3.05. The molecule has 4 nitrogen and oxygen atoms in total. The van der Waals surface area contributed by atoms with Crippen LogP contribution in [0.2, 0.25) is 0 Å². The van der Waals surface area contributed by atoms with Crippen LogP contribution in [-0.4, -0.2) is 15.0 Å². The summed E-state index contributed by atoms with van der Waals surface area (Å²) < 4.78 is 32.0. The fraction of sp³-hybridized carbons (Fsp3) is 0.118. The maximum absolute atomic E-state index is 12.8. The van der Waals surface area contributed by atoms with Crippen LogP contribution in [0.25, 0.3) is 6.08 Å². The zero-order valence-corrected chi connectivity index (χ0v) is 16.7. The molecule has 0 amide bonds. The van der Waals surface area contributed by atoms with Gasteiger partial charge in [-0.2, -0.15) is 5.26 Å².